The minimum Gasteiger partial charge on any atom is -0.227 e. The van der Waals surface area contributed by atoms with E-state index in [1.807, 2.05) is 62.4 Å². The minimum atomic E-state index is -3.29. The second-order valence-electron chi connectivity index (χ2n) is 5.37. The molecule has 0 heterocycles. The minimum absolute atomic E-state index is 0.177. The van der Waals surface area contributed by atoms with Gasteiger partial charge in [-0.15, -0.1) is 0 Å². The highest BCUT2D eigenvalue weighted by Gasteiger charge is 2.05. The second kappa shape index (κ2) is 7.68. The first-order valence-electron chi connectivity index (χ1n) is 7.26. The van der Waals surface area contributed by atoms with E-state index in [1.165, 1.54) is 0 Å². The fourth-order valence-corrected chi connectivity index (χ4v) is 2.51. The van der Waals surface area contributed by atoms with Crippen molar-refractivity contribution in [1.82, 2.24) is 0 Å². The van der Waals surface area contributed by atoms with E-state index in [1.54, 1.807) is 0 Å². The first-order chi connectivity index (χ1) is 10.9. The van der Waals surface area contributed by atoms with Gasteiger partial charge in [0, 0.05) is 11.1 Å². The number of hydrogen-bond donors (Lipinski definition) is 0. The summed E-state index contributed by atoms with van der Waals surface area (Å²) in [6, 6.07) is 15.3. The van der Waals surface area contributed by atoms with Crippen LogP contribution in [0.3, 0.4) is 0 Å². The lowest BCUT2D eigenvalue weighted by Gasteiger charge is -1.94. The van der Waals surface area contributed by atoms with Gasteiger partial charge in [0.15, 0.2) is 9.84 Å². The van der Waals surface area contributed by atoms with E-state index in [-0.39, 0.29) is 11.5 Å². The molecule has 0 radical (unpaired) electrons. The number of rotatable bonds is 2. The van der Waals surface area contributed by atoms with Crippen LogP contribution in [0.2, 0.25) is 0 Å². The molecule has 0 atom stereocenters. The van der Waals surface area contributed by atoms with E-state index in [0.29, 0.717) is 0 Å². The molecule has 2 rings (SSSR count). The van der Waals surface area contributed by atoms with Gasteiger partial charge in [-0.3, -0.25) is 0 Å². The van der Waals surface area contributed by atoms with E-state index in [4.69, 9.17) is 0 Å². The Kier molecular flexibility index (Phi) is 5.63. The standard InChI is InChI=1S/C20H18O2S/c1-17-7-11-19(12-8-17)5-3-15-23(21,22)16-4-6-20-13-9-18(2)10-14-20/h7-14H,15-16H2,1-2H3. The van der Waals surface area contributed by atoms with E-state index < -0.39 is 9.84 Å². The van der Waals surface area contributed by atoms with Crippen LogP contribution in [0.5, 0.6) is 0 Å². The van der Waals surface area contributed by atoms with Gasteiger partial charge in [-0.1, -0.05) is 59.1 Å². The van der Waals surface area contributed by atoms with Gasteiger partial charge in [-0.25, -0.2) is 8.42 Å². The van der Waals surface area contributed by atoms with Crippen molar-refractivity contribution < 1.29 is 8.42 Å². The van der Waals surface area contributed by atoms with E-state index in [0.717, 1.165) is 22.3 Å². The van der Waals surface area contributed by atoms with Gasteiger partial charge in [0.2, 0.25) is 0 Å². The van der Waals surface area contributed by atoms with Crippen molar-refractivity contribution in [1.29, 1.82) is 0 Å². The monoisotopic (exact) mass is 322 g/mol. The van der Waals surface area contributed by atoms with Crippen molar-refractivity contribution >= 4 is 9.84 Å². The molecule has 116 valence electrons. The molecule has 0 amide bonds. The zero-order valence-corrected chi connectivity index (χ0v) is 14.1. The van der Waals surface area contributed by atoms with Crippen LogP contribution in [0.1, 0.15) is 22.3 Å². The average Bonchev–Trinajstić information content (AvgIpc) is 2.51. The normalized spacial score (nSPS) is 10.2. The van der Waals surface area contributed by atoms with Crippen LogP contribution in [-0.2, 0) is 9.84 Å². The molecule has 0 aliphatic carbocycles. The molecule has 2 aromatic rings. The molecule has 0 aliphatic rings. The van der Waals surface area contributed by atoms with Crippen molar-refractivity contribution in [2.24, 2.45) is 0 Å². The largest absolute Gasteiger partial charge is 0.227 e. The highest BCUT2D eigenvalue weighted by molar-refractivity contribution is 7.91. The Balaban J connectivity index is 1.95. The molecular weight excluding hydrogens is 304 g/mol. The second-order valence-corrected chi connectivity index (χ2v) is 7.43. The first-order valence-corrected chi connectivity index (χ1v) is 9.08. The molecule has 0 aliphatic heterocycles. The van der Waals surface area contributed by atoms with Crippen molar-refractivity contribution in [2.45, 2.75) is 13.8 Å². The highest BCUT2D eigenvalue weighted by atomic mass is 32.2. The molecule has 0 N–H and O–H groups in total. The molecule has 2 nitrogen and oxygen atoms in total. The van der Waals surface area contributed by atoms with Gasteiger partial charge >= 0.3 is 0 Å². The number of aryl methyl sites for hydroxylation is 2. The van der Waals surface area contributed by atoms with Crippen molar-refractivity contribution in [3.05, 3.63) is 70.8 Å². The molecule has 0 saturated heterocycles. The van der Waals surface area contributed by atoms with Gasteiger partial charge in [0.1, 0.15) is 11.5 Å². The molecular formula is C20H18O2S. The number of benzene rings is 2. The van der Waals surface area contributed by atoms with Gasteiger partial charge in [0.05, 0.1) is 0 Å². The maximum absolute atomic E-state index is 11.9. The number of hydrogen-bond acceptors (Lipinski definition) is 2. The fourth-order valence-electron chi connectivity index (χ4n) is 1.82. The Morgan fingerprint density at radius 1 is 0.696 bits per heavy atom. The quantitative estimate of drug-likeness (QED) is 0.796. The summed E-state index contributed by atoms with van der Waals surface area (Å²) in [7, 11) is -3.29. The Bertz CT molecular complexity index is 811. The van der Waals surface area contributed by atoms with Crippen LogP contribution >= 0.6 is 0 Å². The molecule has 23 heavy (non-hydrogen) atoms. The smallest absolute Gasteiger partial charge is 0.172 e. The summed E-state index contributed by atoms with van der Waals surface area (Å²) in [5.74, 6) is 10.8. The molecule has 0 unspecified atom stereocenters. The SMILES string of the molecule is Cc1ccc(C#CCS(=O)(=O)CC#Cc2ccc(C)cc2)cc1. The van der Waals surface area contributed by atoms with Crippen LogP contribution in [-0.4, -0.2) is 19.9 Å². The summed E-state index contributed by atoms with van der Waals surface area (Å²) in [4.78, 5) is 0. The Hall–Kier alpha value is -2.49. The lowest BCUT2D eigenvalue weighted by atomic mass is 10.2. The summed E-state index contributed by atoms with van der Waals surface area (Å²) in [5, 5.41) is 0. The predicted molar refractivity (Wildman–Crippen MR) is 94.8 cm³/mol. The van der Waals surface area contributed by atoms with E-state index >= 15 is 0 Å². The number of sulfone groups is 1. The Morgan fingerprint density at radius 2 is 1.04 bits per heavy atom. The zero-order valence-electron chi connectivity index (χ0n) is 13.3. The Labute approximate surface area is 138 Å². The summed E-state index contributed by atoms with van der Waals surface area (Å²) in [5.41, 5.74) is 3.93. The van der Waals surface area contributed by atoms with Crippen molar-refractivity contribution in [3.8, 4) is 23.7 Å². The van der Waals surface area contributed by atoms with E-state index in [2.05, 4.69) is 23.7 Å². The van der Waals surface area contributed by atoms with Crippen molar-refractivity contribution in [3.63, 3.8) is 0 Å². The summed E-state index contributed by atoms with van der Waals surface area (Å²) >= 11 is 0. The molecule has 3 heteroatoms. The molecule has 0 fully saturated rings. The van der Waals surface area contributed by atoms with Gasteiger partial charge < -0.3 is 0 Å². The summed E-state index contributed by atoms with van der Waals surface area (Å²) < 4.78 is 23.8. The molecule has 0 saturated carbocycles. The van der Waals surface area contributed by atoms with Gasteiger partial charge in [-0.05, 0) is 38.1 Å². The third kappa shape index (κ3) is 6.02. The highest BCUT2D eigenvalue weighted by Crippen LogP contribution is 2.02. The van der Waals surface area contributed by atoms with Crippen LogP contribution in [0.25, 0.3) is 0 Å². The molecule has 2 aromatic carbocycles. The lowest BCUT2D eigenvalue weighted by molar-refractivity contribution is 0.603. The third-order valence-electron chi connectivity index (χ3n) is 3.15. The summed E-state index contributed by atoms with van der Waals surface area (Å²) in [6.07, 6.45) is 0. The van der Waals surface area contributed by atoms with Crippen LogP contribution < -0.4 is 0 Å². The van der Waals surface area contributed by atoms with Gasteiger partial charge in [-0.2, -0.15) is 0 Å². The van der Waals surface area contributed by atoms with Crippen LogP contribution in [0.15, 0.2) is 48.5 Å². The molecule has 0 bridgehead atoms. The maximum atomic E-state index is 11.9. The van der Waals surface area contributed by atoms with Crippen LogP contribution in [0.4, 0.5) is 0 Å². The third-order valence-corrected chi connectivity index (χ3v) is 4.32. The average molecular weight is 322 g/mol. The predicted octanol–water partition coefficient (Wildman–Crippen LogP) is 3.12. The van der Waals surface area contributed by atoms with E-state index in [9.17, 15) is 8.42 Å². The molecule has 0 spiro atoms. The fraction of sp³-hybridized carbons (Fsp3) is 0.200. The lowest BCUT2D eigenvalue weighted by Crippen LogP contribution is -2.08. The van der Waals surface area contributed by atoms with Gasteiger partial charge in [0.25, 0.3) is 0 Å². The first kappa shape index (κ1) is 16.9. The molecule has 0 aromatic heterocycles. The Morgan fingerprint density at radius 3 is 1.39 bits per heavy atom. The maximum Gasteiger partial charge on any atom is 0.172 e. The topological polar surface area (TPSA) is 34.1 Å². The van der Waals surface area contributed by atoms with Crippen LogP contribution in [0, 0.1) is 37.5 Å². The zero-order chi connectivity index (χ0) is 16.7. The summed E-state index contributed by atoms with van der Waals surface area (Å²) in [6.45, 7) is 3.99. The van der Waals surface area contributed by atoms with Crippen molar-refractivity contribution in [2.75, 3.05) is 11.5 Å².